The molecule has 0 heteroatoms. The highest BCUT2D eigenvalue weighted by molar-refractivity contribution is 4.96. The van der Waals surface area contributed by atoms with Crippen LogP contribution in [0.5, 0.6) is 0 Å². The molecule has 0 atom stereocenters. The van der Waals surface area contributed by atoms with Crippen LogP contribution in [0.4, 0.5) is 0 Å². The van der Waals surface area contributed by atoms with Gasteiger partial charge in [0.15, 0.2) is 0 Å². The SMILES string of the molecule is [CH2]CC(=C)CCC=C. The van der Waals surface area contributed by atoms with E-state index in [-0.39, 0.29) is 0 Å². The van der Waals surface area contributed by atoms with Crippen LogP contribution in [-0.2, 0) is 0 Å². The fraction of sp³-hybridized carbons (Fsp3) is 0.375. The summed E-state index contributed by atoms with van der Waals surface area (Å²) in [5.74, 6) is 0. The van der Waals surface area contributed by atoms with Crippen molar-refractivity contribution in [3.05, 3.63) is 31.7 Å². The van der Waals surface area contributed by atoms with E-state index in [9.17, 15) is 0 Å². The first-order chi connectivity index (χ1) is 3.81. The van der Waals surface area contributed by atoms with E-state index in [1.807, 2.05) is 6.08 Å². The van der Waals surface area contributed by atoms with Gasteiger partial charge in [0.05, 0.1) is 0 Å². The second kappa shape index (κ2) is 4.63. The Morgan fingerprint density at radius 1 is 1.50 bits per heavy atom. The summed E-state index contributed by atoms with van der Waals surface area (Å²) in [6, 6.07) is 0. The van der Waals surface area contributed by atoms with E-state index in [0.29, 0.717) is 0 Å². The lowest BCUT2D eigenvalue weighted by Crippen LogP contribution is -1.75. The molecule has 8 heavy (non-hydrogen) atoms. The van der Waals surface area contributed by atoms with Gasteiger partial charge in [0, 0.05) is 0 Å². The Hall–Kier alpha value is -0.520. The Balaban J connectivity index is 3.11. The van der Waals surface area contributed by atoms with Gasteiger partial charge >= 0.3 is 0 Å². The maximum atomic E-state index is 3.80. The third-order valence-electron chi connectivity index (χ3n) is 1.06. The van der Waals surface area contributed by atoms with Gasteiger partial charge in [-0.05, 0) is 26.2 Å². The predicted molar refractivity (Wildman–Crippen MR) is 38.5 cm³/mol. The second-order valence-electron chi connectivity index (χ2n) is 1.83. The van der Waals surface area contributed by atoms with Crippen molar-refractivity contribution < 1.29 is 0 Å². The monoisotopic (exact) mass is 109 g/mol. The third kappa shape index (κ3) is 3.66. The largest absolute Gasteiger partial charge is 0.103 e. The summed E-state index contributed by atoms with van der Waals surface area (Å²) in [6.07, 6.45) is 4.84. The zero-order valence-corrected chi connectivity index (χ0v) is 5.32. The summed E-state index contributed by atoms with van der Waals surface area (Å²) >= 11 is 0. The van der Waals surface area contributed by atoms with Gasteiger partial charge in [-0.1, -0.05) is 18.2 Å². The molecular formula is C8H13. The van der Waals surface area contributed by atoms with Gasteiger partial charge in [0.1, 0.15) is 0 Å². The van der Waals surface area contributed by atoms with E-state index in [4.69, 9.17) is 0 Å². The van der Waals surface area contributed by atoms with Crippen molar-refractivity contribution in [2.75, 3.05) is 0 Å². The molecule has 0 aliphatic rings. The molecule has 0 spiro atoms. The van der Waals surface area contributed by atoms with Crippen molar-refractivity contribution in [1.29, 1.82) is 0 Å². The van der Waals surface area contributed by atoms with Gasteiger partial charge < -0.3 is 0 Å². The minimum absolute atomic E-state index is 0.855. The molecule has 0 bridgehead atoms. The van der Waals surface area contributed by atoms with Crippen molar-refractivity contribution >= 4 is 0 Å². The lowest BCUT2D eigenvalue weighted by Gasteiger charge is -1.95. The molecule has 45 valence electrons. The minimum Gasteiger partial charge on any atom is -0.103 e. The fourth-order valence-corrected chi connectivity index (χ4v) is 0.431. The number of allylic oxidation sites excluding steroid dienone is 2. The zero-order chi connectivity index (χ0) is 6.41. The number of hydrogen-bond donors (Lipinski definition) is 0. The van der Waals surface area contributed by atoms with Crippen LogP contribution in [0.3, 0.4) is 0 Å². The fourth-order valence-electron chi connectivity index (χ4n) is 0.431. The molecule has 1 radical (unpaired) electrons. The van der Waals surface area contributed by atoms with Crippen molar-refractivity contribution in [2.24, 2.45) is 0 Å². The van der Waals surface area contributed by atoms with Gasteiger partial charge in [-0.25, -0.2) is 0 Å². The topological polar surface area (TPSA) is 0 Å². The van der Waals surface area contributed by atoms with E-state index in [1.165, 1.54) is 5.57 Å². The Labute approximate surface area is 51.9 Å². The molecule has 0 amide bonds. The van der Waals surface area contributed by atoms with Crippen LogP contribution in [0, 0.1) is 6.92 Å². The van der Waals surface area contributed by atoms with Crippen LogP contribution < -0.4 is 0 Å². The number of rotatable bonds is 4. The molecule has 0 aliphatic carbocycles. The molecular weight excluding hydrogens is 96.1 g/mol. The molecule has 0 unspecified atom stereocenters. The van der Waals surface area contributed by atoms with Gasteiger partial charge in [0.2, 0.25) is 0 Å². The predicted octanol–water partition coefficient (Wildman–Crippen LogP) is 2.73. The quantitative estimate of drug-likeness (QED) is 0.487. The smallest absolute Gasteiger partial charge is 0.0288 e. The van der Waals surface area contributed by atoms with Crippen LogP contribution in [0.1, 0.15) is 19.3 Å². The Kier molecular flexibility index (Phi) is 4.33. The first-order valence-corrected chi connectivity index (χ1v) is 2.88. The maximum absolute atomic E-state index is 3.80. The van der Waals surface area contributed by atoms with Gasteiger partial charge in [-0.2, -0.15) is 0 Å². The maximum Gasteiger partial charge on any atom is -0.0288 e. The molecule has 0 fully saturated rings. The second-order valence-corrected chi connectivity index (χ2v) is 1.83. The molecule has 0 aliphatic heterocycles. The molecule has 0 rings (SSSR count). The molecule has 0 aromatic carbocycles. The molecule has 0 heterocycles. The summed E-state index contributed by atoms with van der Waals surface area (Å²) in [5.41, 5.74) is 1.21. The molecule has 0 aromatic rings. The van der Waals surface area contributed by atoms with Crippen LogP contribution in [0.15, 0.2) is 24.8 Å². The lowest BCUT2D eigenvalue weighted by molar-refractivity contribution is 0.947. The summed E-state index contributed by atoms with van der Waals surface area (Å²) in [5, 5.41) is 0. The number of hydrogen-bond acceptors (Lipinski definition) is 0. The normalized spacial score (nSPS) is 8.62. The third-order valence-corrected chi connectivity index (χ3v) is 1.06. The van der Waals surface area contributed by atoms with E-state index < -0.39 is 0 Å². The molecule has 0 saturated carbocycles. The van der Waals surface area contributed by atoms with E-state index in [0.717, 1.165) is 19.3 Å². The van der Waals surface area contributed by atoms with E-state index >= 15 is 0 Å². The molecule has 0 aromatic heterocycles. The standard InChI is InChI=1S/C8H13/c1-4-6-7-8(3)5-2/h4H,1-3,5-7H2. The average molecular weight is 109 g/mol. The minimum atomic E-state index is 0.855. The Morgan fingerprint density at radius 3 is 2.50 bits per heavy atom. The summed E-state index contributed by atoms with van der Waals surface area (Å²) in [4.78, 5) is 0. The van der Waals surface area contributed by atoms with Crippen molar-refractivity contribution in [3.8, 4) is 0 Å². The summed E-state index contributed by atoms with van der Waals surface area (Å²) in [7, 11) is 0. The average Bonchev–Trinajstić information content (AvgIpc) is 1.83. The van der Waals surface area contributed by atoms with E-state index in [1.54, 1.807) is 0 Å². The zero-order valence-electron chi connectivity index (χ0n) is 5.32. The Bertz CT molecular complexity index is 80.0. The van der Waals surface area contributed by atoms with Crippen molar-refractivity contribution in [1.82, 2.24) is 0 Å². The van der Waals surface area contributed by atoms with Gasteiger partial charge in [0.25, 0.3) is 0 Å². The van der Waals surface area contributed by atoms with Crippen LogP contribution in [-0.4, -0.2) is 0 Å². The van der Waals surface area contributed by atoms with Crippen LogP contribution in [0.25, 0.3) is 0 Å². The van der Waals surface area contributed by atoms with Crippen LogP contribution >= 0.6 is 0 Å². The van der Waals surface area contributed by atoms with Gasteiger partial charge in [-0.3, -0.25) is 0 Å². The lowest BCUT2D eigenvalue weighted by atomic mass is 10.1. The highest BCUT2D eigenvalue weighted by Gasteiger charge is 1.85. The van der Waals surface area contributed by atoms with Crippen LogP contribution in [0.2, 0.25) is 0 Å². The highest BCUT2D eigenvalue weighted by atomic mass is 13.9. The first kappa shape index (κ1) is 7.48. The van der Waals surface area contributed by atoms with Crippen molar-refractivity contribution in [3.63, 3.8) is 0 Å². The van der Waals surface area contributed by atoms with Crippen molar-refractivity contribution in [2.45, 2.75) is 19.3 Å². The molecule has 0 saturated heterocycles. The summed E-state index contributed by atoms with van der Waals surface area (Å²) in [6.45, 7) is 11.1. The molecule has 0 nitrogen and oxygen atoms in total. The first-order valence-electron chi connectivity index (χ1n) is 2.88. The molecule has 0 N–H and O–H groups in total. The Morgan fingerprint density at radius 2 is 2.12 bits per heavy atom. The summed E-state index contributed by atoms with van der Waals surface area (Å²) < 4.78 is 0. The van der Waals surface area contributed by atoms with Gasteiger partial charge in [-0.15, -0.1) is 6.58 Å². The highest BCUT2D eigenvalue weighted by Crippen LogP contribution is 2.04. The van der Waals surface area contributed by atoms with E-state index in [2.05, 4.69) is 20.1 Å².